The first-order valence-corrected chi connectivity index (χ1v) is 10.3. The molecule has 2 heterocycles. The predicted molar refractivity (Wildman–Crippen MR) is 117 cm³/mol. The van der Waals surface area contributed by atoms with Gasteiger partial charge in [0.2, 0.25) is 0 Å². The van der Waals surface area contributed by atoms with E-state index in [1.807, 2.05) is 25.1 Å². The van der Waals surface area contributed by atoms with Crippen molar-refractivity contribution < 1.29 is 19.1 Å². The van der Waals surface area contributed by atoms with Crippen LogP contribution in [0.25, 0.3) is 11.3 Å². The Morgan fingerprint density at radius 3 is 2.73 bits per heavy atom. The fraction of sp³-hybridized carbons (Fsp3) is 0.227. The molecule has 0 spiro atoms. The second-order valence-electron chi connectivity index (χ2n) is 6.75. The van der Waals surface area contributed by atoms with Crippen molar-refractivity contribution in [1.29, 1.82) is 0 Å². The van der Waals surface area contributed by atoms with Gasteiger partial charge >= 0.3 is 0 Å². The zero-order valence-corrected chi connectivity index (χ0v) is 17.7. The van der Waals surface area contributed by atoms with Crippen LogP contribution < -0.4 is 19.7 Å². The average molecular weight is 423 g/mol. The van der Waals surface area contributed by atoms with E-state index in [2.05, 4.69) is 10.3 Å². The molecule has 0 aliphatic carbocycles. The lowest BCUT2D eigenvalue weighted by molar-refractivity contribution is -0.120. The van der Waals surface area contributed by atoms with E-state index in [1.165, 1.54) is 11.3 Å². The van der Waals surface area contributed by atoms with E-state index in [0.29, 0.717) is 27.9 Å². The van der Waals surface area contributed by atoms with E-state index in [0.717, 1.165) is 22.6 Å². The predicted octanol–water partition coefficient (Wildman–Crippen LogP) is 3.99. The highest BCUT2D eigenvalue weighted by Gasteiger charge is 2.24. The molecular weight excluding hydrogens is 402 g/mol. The molecule has 1 aliphatic rings. The first-order valence-electron chi connectivity index (χ1n) is 9.49. The van der Waals surface area contributed by atoms with Gasteiger partial charge in [-0.3, -0.25) is 14.9 Å². The molecule has 0 saturated heterocycles. The molecule has 2 amide bonds. The Kier molecular flexibility index (Phi) is 5.41. The summed E-state index contributed by atoms with van der Waals surface area (Å²) in [5, 5.41) is 3.41. The van der Waals surface area contributed by atoms with Crippen molar-refractivity contribution in [1.82, 2.24) is 4.98 Å². The first-order chi connectivity index (χ1) is 14.5. The maximum absolute atomic E-state index is 12.6. The molecule has 0 unspecified atom stereocenters. The van der Waals surface area contributed by atoms with Crippen LogP contribution in [0.1, 0.15) is 22.2 Å². The molecule has 7 nitrogen and oxygen atoms in total. The lowest BCUT2D eigenvalue weighted by atomic mass is 10.1. The van der Waals surface area contributed by atoms with Crippen molar-refractivity contribution >= 4 is 34.0 Å². The Hall–Kier alpha value is -3.39. The lowest BCUT2D eigenvalue weighted by Gasteiger charge is -2.26. The van der Waals surface area contributed by atoms with Crippen molar-refractivity contribution in [2.45, 2.75) is 13.3 Å². The van der Waals surface area contributed by atoms with Gasteiger partial charge < -0.3 is 14.4 Å². The van der Waals surface area contributed by atoms with Gasteiger partial charge in [-0.25, -0.2) is 4.98 Å². The van der Waals surface area contributed by atoms with Crippen LogP contribution in [0.4, 0.5) is 10.8 Å². The summed E-state index contributed by atoms with van der Waals surface area (Å²) in [5.41, 5.74) is 2.90. The second kappa shape index (κ2) is 8.16. The van der Waals surface area contributed by atoms with Gasteiger partial charge in [-0.05, 0) is 48.9 Å². The summed E-state index contributed by atoms with van der Waals surface area (Å²) in [6.45, 7) is 2.09. The third kappa shape index (κ3) is 3.73. The van der Waals surface area contributed by atoms with Crippen LogP contribution in [0.2, 0.25) is 0 Å². The number of methoxy groups -OCH3 is 1. The number of thiazole rings is 1. The molecule has 8 heteroatoms. The number of carbonyl (C=O) groups excluding carboxylic acids is 2. The molecule has 3 aromatic rings. The summed E-state index contributed by atoms with van der Waals surface area (Å²) >= 11 is 1.44. The fourth-order valence-electron chi connectivity index (χ4n) is 3.20. The summed E-state index contributed by atoms with van der Waals surface area (Å²) < 4.78 is 10.6. The average Bonchev–Trinajstić information content (AvgIpc) is 3.19. The van der Waals surface area contributed by atoms with E-state index in [1.54, 1.807) is 43.3 Å². The Morgan fingerprint density at radius 2 is 2.03 bits per heavy atom. The molecule has 1 N–H and O–H groups in total. The van der Waals surface area contributed by atoms with Gasteiger partial charge in [0.15, 0.2) is 11.7 Å². The van der Waals surface area contributed by atoms with Gasteiger partial charge in [-0.15, -0.1) is 11.3 Å². The van der Waals surface area contributed by atoms with Gasteiger partial charge in [-0.2, -0.15) is 0 Å². The molecular formula is C22H21N3O4S. The standard InChI is InChI=1S/C22H21N3O4S/c1-4-18-20(14-7-10-17-16(11-14)25(2)19(26)12-29-17)23-22(30-18)24-21(27)13-5-8-15(28-3)9-6-13/h5-11H,4,12H2,1-3H3,(H,23,24,27). The van der Waals surface area contributed by atoms with Crippen molar-refractivity contribution in [3.63, 3.8) is 0 Å². The van der Waals surface area contributed by atoms with Crippen LogP contribution in [0.3, 0.4) is 0 Å². The van der Waals surface area contributed by atoms with Crippen LogP contribution in [0.15, 0.2) is 42.5 Å². The molecule has 1 aromatic heterocycles. The van der Waals surface area contributed by atoms with E-state index >= 15 is 0 Å². The van der Waals surface area contributed by atoms with Crippen LogP contribution in [0.5, 0.6) is 11.5 Å². The highest BCUT2D eigenvalue weighted by atomic mass is 32.1. The number of carbonyl (C=O) groups is 2. The number of nitrogens with one attached hydrogen (secondary N) is 1. The molecule has 0 saturated carbocycles. The Labute approximate surface area is 178 Å². The second-order valence-corrected chi connectivity index (χ2v) is 7.83. The lowest BCUT2D eigenvalue weighted by Crippen LogP contribution is -2.35. The van der Waals surface area contributed by atoms with Gasteiger partial charge in [-0.1, -0.05) is 6.92 Å². The molecule has 1 aliphatic heterocycles. The Balaban J connectivity index is 1.61. The monoisotopic (exact) mass is 423 g/mol. The first kappa shape index (κ1) is 19.9. The summed E-state index contributed by atoms with van der Waals surface area (Å²) in [6, 6.07) is 12.6. The molecule has 0 bridgehead atoms. The molecule has 154 valence electrons. The fourth-order valence-corrected chi connectivity index (χ4v) is 4.12. The largest absolute Gasteiger partial charge is 0.497 e. The number of nitrogens with zero attached hydrogens (tertiary/aromatic N) is 2. The number of ether oxygens (including phenoxy) is 2. The maximum atomic E-state index is 12.6. The number of hydrogen-bond donors (Lipinski definition) is 1. The van der Waals surface area contributed by atoms with Gasteiger partial charge in [0.1, 0.15) is 11.5 Å². The van der Waals surface area contributed by atoms with Crippen molar-refractivity contribution in [2.75, 3.05) is 31.0 Å². The minimum Gasteiger partial charge on any atom is -0.497 e. The highest BCUT2D eigenvalue weighted by molar-refractivity contribution is 7.16. The molecule has 4 rings (SSSR count). The molecule has 0 radical (unpaired) electrons. The van der Waals surface area contributed by atoms with Crippen LogP contribution in [0, 0.1) is 0 Å². The number of aryl methyl sites for hydroxylation is 1. The number of hydrogen-bond acceptors (Lipinski definition) is 6. The Morgan fingerprint density at radius 1 is 1.27 bits per heavy atom. The highest BCUT2D eigenvalue weighted by Crippen LogP contribution is 2.38. The molecule has 0 atom stereocenters. The number of anilines is 2. The normalized spacial score (nSPS) is 12.9. The van der Waals surface area contributed by atoms with E-state index in [4.69, 9.17) is 9.47 Å². The molecule has 0 fully saturated rings. The zero-order valence-electron chi connectivity index (χ0n) is 16.9. The number of rotatable bonds is 5. The molecule has 2 aromatic carbocycles. The van der Waals surface area contributed by atoms with Crippen LogP contribution in [-0.4, -0.2) is 37.6 Å². The maximum Gasteiger partial charge on any atom is 0.264 e. The minimum absolute atomic E-state index is 0.0430. The van der Waals surface area contributed by atoms with E-state index < -0.39 is 0 Å². The number of amides is 2. The third-order valence-corrected chi connectivity index (χ3v) is 6.03. The summed E-state index contributed by atoms with van der Waals surface area (Å²) in [7, 11) is 3.31. The minimum atomic E-state index is -0.232. The van der Waals surface area contributed by atoms with Crippen LogP contribution >= 0.6 is 11.3 Å². The summed E-state index contributed by atoms with van der Waals surface area (Å²) in [4.78, 5) is 31.8. The van der Waals surface area contributed by atoms with Gasteiger partial charge in [0.05, 0.1) is 18.5 Å². The number of likely N-dealkylation sites (N-methyl/N-ethyl adjacent to an activating group) is 1. The third-order valence-electron chi connectivity index (χ3n) is 4.91. The molecule has 30 heavy (non-hydrogen) atoms. The van der Waals surface area contributed by atoms with E-state index in [9.17, 15) is 9.59 Å². The van der Waals surface area contributed by atoms with Crippen molar-refractivity contribution in [3.8, 4) is 22.8 Å². The van der Waals surface area contributed by atoms with Crippen molar-refractivity contribution in [3.05, 3.63) is 52.9 Å². The number of aromatic nitrogens is 1. The Bertz CT molecular complexity index is 1110. The quantitative estimate of drug-likeness (QED) is 0.671. The van der Waals surface area contributed by atoms with E-state index in [-0.39, 0.29) is 18.4 Å². The smallest absolute Gasteiger partial charge is 0.264 e. The SMILES string of the molecule is CCc1sc(NC(=O)c2ccc(OC)cc2)nc1-c1ccc2c(c1)N(C)C(=O)CO2. The number of fused-ring (bicyclic) bond motifs is 1. The number of benzene rings is 2. The zero-order chi connectivity index (χ0) is 21.3. The summed E-state index contributed by atoms with van der Waals surface area (Å²) in [5.74, 6) is 1.03. The van der Waals surface area contributed by atoms with Gasteiger partial charge in [0, 0.05) is 23.1 Å². The van der Waals surface area contributed by atoms with Crippen LogP contribution in [-0.2, 0) is 11.2 Å². The topological polar surface area (TPSA) is 80.8 Å². The summed E-state index contributed by atoms with van der Waals surface area (Å²) in [6.07, 6.45) is 0.772. The van der Waals surface area contributed by atoms with Gasteiger partial charge in [0.25, 0.3) is 11.8 Å². The van der Waals surface area contributed by atoms with Crippen molar-refractivity contribution in [2.24, 2.45) is 0 Å².